The van der Waals surface area contributed by atoms with Crippen molar-refractivity contribution < 1.29 is 19.2 Å². The Morgan fingerprint density at radius 1 is 1.39 bits per heavy atom. The topological polar surface area (TPSA) is 96.5 Å². The molecule has 1 saturated heterocycles. The number of pyridine rings is 1. The lowest BCUT2D eigenvalue weighted by atomic mass is 9.89. The van der Waals surface area contributed by atoms with Gasteiger partial charge in [0.1, 0.15) is 0 Å². The van der Waals surface area contributed by atoms with Crippen LogP contribution in [0.5, 0.6) is 0 Å². The van der Waals surface area contributed by atoms with Gasteiger partial charge in [0.25, 0.3) is 11.6 Å². The first-order chi connectivity index (χ1) is 10.9. The lowest BCUT2D eigenvalue weighted by Gasteiger charge is -2.37. The molecule has 1 amide bonds. The Kier molecular flexibility index (Phi) is 3.79. The maximum atomic E-state index is 13.0. The Labute approximate surface area is 133 Å². The van der Waals surface area contributed by atoms with Gasteiger partial charge in [-0.2, -0.15) is 0 Å². The molecule has 1 aliphatic rings. The maximum absolute atomic E-state index is 13.0. The summed E-state index contributed by atoms with van der Waals surface area (Å²) in [7, 11) is 0. The number of hydrogen-bond donors (Lipinski definition) is 1. The standard InChI is InChI=1S/C16H19N3O4/c1-8-7-12(13-9(2)18-23-14(13)17-8)15(20)19-6-4-5-11(10(19)3)16(21)22/h7,10-11H,4-6H2,1-3H3,(H,21,22)/t10-,11-/m1/s1. The second kappa shape index (κ2) is 5.64. The lowest BCUT2D eigenvalue weighted by Crippen LogP contribution is -2.49. The van der Waals surface area contributed by atoms with E-state index in [1.807, 2.05) is 0 Å². The minimum Gasteiger partial charge on any atom is -0.481 e. The van der Waals surface area contributed by atoms with E-state index in [9.17, 15) is 14.7 Å². The number of carboxylic acid groups (broad SMARTS) is 1. The van der Waals surface area contributed by atoms with Crippen molar-refractivity contribution in [1.29, 1.82) is 0 Å². The van der Waals surface area contributed by atoms with Gasteiger partial charge in [0, 0.05) is 18.3 Å². The molecule has 7 nitrogen and oxygen atoms in total. The summed E-state index contributed by atoms with van der Waals surface area (Å²) in [6, 6.07) is 1.36. The molecule has 2 atom stereocenters. The predicted octanol–water partition coefficient (Wildman–Crippen LogP) is 2.16. The summed E-state index contributed by atoms with van der Waals surface area (Å²) in [5.74, 6) is -1.58. The van der Waals surface area contributed by atoms with Crippen LogP contribution in [0.4, 0.5) is 0 Å². The van der Waals surface area contributed by atoms with E-state index in [2.05, 4.69) is 10.1 Å². The zero-order valence-corrected chi connectivity index (χ0v) is 13.4. The summed E-state index contributed by atoms with van der Waals surface area (Å²) in [6.07, 6.45) is 1.28. The van der Waals surface area contributed by atoms with E-state index >= 15 is 0 Å². The van der Waals surface area contributed by atoms with Crippen molar-refractivity contribution in [3.05, 3.63) is 23.0 Å². The molecular formula is C16H19N3O4. The van der Waals surface area contributed by atoms with Crippen molar-refractivity contribution in [3.63, 3.8) is 0 Å². The summed E-state index contributed by atoms with van der Waals surface area (Å²) in [4.78, 5) is 30.3. The van der Waals surface area contributed by atoms with Gasteiger partial charge in [-0.25, -0.2) is 4.98 Å². The number of aryl methyl sites for hydroxylation is 2. The van der Waals surface area contributed by atoms with Crippen LogP contribution in [0.1, 0.15) is 41.5 Å². The van der Waals surface area contributed by atoms with Crippen molar-refractivity contribution in [2.75, 3.05) is 6.54 Å². The largest absolute Gasteiger partial charge is 0.481 e. The van der Waals surface area contributed by atoms with Gasteiger partial charge in [-0.15, -0.1) is 0 Å². The highest BCUT2D eigenvalue weighted by Crippen LogP contribution is 2.28. The Morgan fingerprint density at radius 3 is 2.83 bits per heavy atom. The fourth-order valence-electron chi connectivity index (χ4n) is 3.30. The molecule has 0 bridgehead atoms. The normalized spacial score (nSPS) is 21.6. The summed E-state index contributed by atoms with van der Waals surface area (Å²) in [5, 5.41) is 13.8. The van der Waals surface area contributed by atoms with Gasteiger partial charge in [0.2, 0.25) is 0 Å². The summed E-state index contributed by atoms with van der Waals surface area (Å²) in [5.41, 5.74) is 2.08. The van der Waals surface area contributed by atoms with Crippen LogP contribution in [-0.2, 0) is 4.79 Å². The third-order valence-corrected chi connectivity index (χ3v) is 4.54. The maximum Gasteiger partial charge on any atom is 0.308 e. The number of aromatic nitrogens is 2. The number of likely N-dealkylation sites (tertiary alicyclic amines) is 1. The van der Waals surface area contributed by atoms with E-state index in [-0.39, 0.29) is 11.9 Å². The average molecular weight is 317 g/mol. The average Bonchev–Trinajstić information content (AvgIpc) is 2.87. The Morgan fingerprint density at radius 2 is 2.13 bits per heavy atom. The number of carboxylic acids is 1. The van der Waals surface area contributed by atoms with Crippen molar-refractivity contribution in [2.24, 2.45) is 5.92 Å². The molecule has 7 heteroatoms. The number of amides is 1. The van der Waals surface area contributed by atoms with Crippen LogP contribution in [0.25, 0.3) is 11.1 Å². The molecule has 1 fully saturated rings. The molecule has 2 aromatic rings. The molecule has 122 valence electrons. The van der Waals surface area contributed by atoms with Crippen LogP contribution in [0.2, 0.25) is 0 Å². The Hall–Kier alpha value is -2.44. The number of fused-ring (bicyclic) bond motifs is 1. The fourth-order valence-corrected chi connectivity index (χ4v) is 3.30. The molecule has 3 rings (SSSR count). The third-order valence-electron chi connectivity index (χ3n) is 4.54. The molecule has 0 aromatic carbocycles. The third kappa shape index (κ3) is 2.56. The van der Waals surface area contributed by atoms with Gasteiger partial charge in [0.05, 0.1) is 22.6 Å². The van der Waals surface area contributed by atoms with E-state index in [4.69, 9.17) is 4.52 Å². The molecular weight excluding hydrogens is 298 g/mol. The quantitative estimate of drug-likeness (QED) is 0.911. The molecule has 0 saturated carbocycles. The van der Waals surface area contributed by atoms with Crippen molar-refractivity contribution in [2.45, 2.75) is 39.7 Å². The lowest BCUT2D eigenvalue weighted by molar-refractivity contribution is -0.144. The summed E-state index contributed by atoms with van der Waals surface area (Å²) in [6.45, 7) is 5.89. The van der Waals surface area contributed by atoms with E-state index in [1.54, 1.807) is 31.7 Å². The van der Waals surface area contributed by atoms with E-state index in [1.165, 1.54) is 0 Å². The first-order valence-electron chi connectivity index (χ1n) is 7.67. The molecule has 1 N–H and O–H groups in total. The van der Waals surface area contributed by atoms with Crippen molar-refractivity contribution >= 4 is 23.0 Å². The van der Waals surface area contributed by atoms with Crippen LogP contribution in [0, 0.1) is 19.8 Å². The summed E-state index contributed by atoms with van der Waals surface area (Å²) < 4.78 is 5.17. The van der Waals surface area contributed by atoms with Crippen molar-refractivity contribution in [1.82, 2.24) is 15.0 Å². The smallest absolute Gasteiger partial charge is 0.308 e. The molecule has 3 heterocycles. The van der Waals surface area contributed by atoms with Gasteiger partial charge in [-0.1, -0.05) is 5.16 Å². The van der Waals surface area contributed by atoms with Crippen LogP contribution < -0.4 is 0 Å². The minimum atomic E-state index is -0.854. The summed E-state index contributed by atoms with van der Waals surface area (Å²) >= 11 is 0. The molecule has 0 aliphatic carbocycles. The minimum absolute atomic E-state index is 0.190. The zero-order valence-electron chi connectivity index (χ0n) is 13.4. The van der Waals surface area contributed by atoms with Crippen LogP contribution in [-0.4, -0.2) is 44.6 Å². The van der Waals surface area contributed by atoms with Gasteiger partial charge in [0.15, 0.2) is 0 Å². The Balaban J connectivity index is 2.03. The fraction of sp³-hybridized carbons (Fsp3) is 0.500. The molecule has 2 aromatic heterocycles. The number of nitrogens with zero attached hydrogens (tertiary/aromatic N) is 3. The van der Waals surface area contributed by atoms with E-state index < -0.39 is 11.9 Å². The van der Waals surface area contributed by atoms with Crippen molar-refractivity contribution in [3.8, 4) is 0 Å². The van der Waals surface area contributed by atoms with E-state index in [0.29, 0.717) is 47.4 Å². The monoisotopic (exact) mass is 317 g/mol. The van der Waals surface area contributed by atoms with Gasteiger partial charge in [-0.3, -0.25) is 9.59 Å². The van der Waals surface area contributed by atoms with E-state index in [0.717, 1.165) is 0 Å². The number of carbonyl (C=O) groups excluding carboxylic acids is 1. The number of rotatable bonds is 2. The number of carbonyl (C=O) groups is 2. The van der Waals surface area contributed by atoms with Gasteiger partial charge < -0.3 is 14.5 Å². The second-order valence-electron chi connectivity index (χ2n) is 6.09. The van der Waals surface area contributed by atoms with Gasteiger partial charge in [-0.05, 0) is 39.7 Å². The highest BCUT2D eigenvalue weighted by molar-refractivity contribution is 6.06. The van der Waals surface area contributed by atoms with Gasteiger partial charge >= 0.3 is 5.97 Å². The number of hydrogen-bond acceptors (Lipinski definition) is 5. The first-order valence-corrected chi connectivity index (χ1v) is 7.67. The highest BCUT2D eigenvalue weighted by atomic mass is 16.5. The molecule has 1 aliphatic heterocycles. The molecule has 0 radical (unpaired) electrons. The second-order valence-corrected chi connectivity index (χ2v) is 6.09. The zero-order chi connectivity index (χ0) is 16.7. The first kappa shape index (κ1) is 15.5. The Bertz CT molecular complexity index is 783. The SMILES string of the molecule is Cc1cc(C(=O)N2CCC[C@@H](C(=O)O)[C@H]2C)c2c(C)noc2n1. The number of aliphatic carboxylic acids is 1. The van der Waals surface area contributed by atoms with Crippen LogP contribution >= 0.6 is 0 Å². The molecule has 0 unspecified atom stereocenters. The highest BCUT2D eigenvalue weighted by Gasteiger charge is 2.36. The predicted molar refractivity (Wildman–Crippen MR) is 82.1 cm³/mol. The van der Waals surface area contributed by atoms with Crippen LogP contribution in [0.15, 0.2) is 10.6 Å². The number of piperidine rings is 1. The van der Waals surface area contributed by atoms with Crippen LogP contribution in [0.3, 0.4) is 0 Å². The molecule has 23 heavy (non-hydrogen) atoms. The molecule has 0 spiro atoms.